The molecule has 17 aromatic rings. The van der Waals surface area contributed by atoms with E-state index >= 15 is 0 Å². The quantitative estimate of drug-likeness (QED) is 0.0949. The molecular formula is C88H57N5O2. The molecule has 0 amide bonds. The summed E-state index contributed by atoms with van der Waals surface area (Å²) in [5.74, 6) is 0. The largest absolute Gasteiger partial charge is 0.455 e. The van der Waals surface area contributed by atoms with Crippen LogP contribution in [-0.4, -0.2) is 5.71 Å². The zero-order valence-corrected chi connectivity index (χ0v) is 51.8. The molecule has 0 N–H and O–H groups in total. The van der Waals surface area contributed by atoms with Gasteiger partial charge in [0.25, 0.3) is 0 Å². The van der Waals surface area contributed by atoms with Gasteiger partial charge in [-0.1, -0.05) is 218 Å². The monoisotopic (exact) mass is 1220 g/mol. The summed E-state index contributed by atoms with van der Waals surface area (Å²) in [5.41, 5.74) is 21.2. The van der Waals surface area contributed by atoms with Crippen LogP contribution in [0, 0.1) is 18.3 Å². The molecule has 15 aromatic carbocycles. The van der Waals surface area contributed by atoms with Crippen LogP contribution in [0.1, 0.15) is 27.8 Å². The van der Waals surface area contributed by atoms with Gasteiger partial charge in [-0.15, -0.1) is 0 Å². The van der Waals surface area contributed by atoms with Gasteiger partial charge in [0.1, 0.15) is 17.2 Å². The van der Waals surface area contributed by atoms with E-state index in [1.54, 1.807) is 0 Å². The Hall–Kier alpha value is -12.8. The third-order valence-electron chi connectivity index (χ3n) is 18.9. The van der Waals surface area contributed by atoms with E-state index in [0.717, 1.165) is 139 Å². The molecule has 0 saturated heterocycles. The van der Waals surface area contributed by atoms with Gasteiger partial charge in [-0.25, -0.2) is 4.99 Å². The average molecular weight is 1220 g/mol. The third kappa shape index (κ3) is 9.14. The van der Waals surface area contributed by atoms with E-state index in [9.17, 15) is 5.26 Å². The number of para-hydroxylation sites is 6. The Labute approximate surface area is 548 Å². The average Bonchev–Trinajstić information content (AvgIpc) is 1.59. The normalized spacial score (nSPS) is 12.3. The van der Waals surface area contributed by atoms with Gasteiger partial charge in [0.2, 0.25) is 0 Å². The van der Waals surface area contributed by atoms with E-state index < -0.39 is 0 Å². The fourth-order valence-corrected chi connectivity index (χ4v) is 14.7. The number of anilines is 8. The van der Waals surface area contributed by atoms with Crippen LogP contribution in [-0.2, 0) is 6.54 Å². The lowest BCUT2D eigenvalue weighted by Gasteiger charge is -2.33. The number of nitrogens with zero attached hydrogens (tertiary/aromatic N) is 5. The van der Waals surface area contributed by atoms with Gasteiger partial charge in [-0.05, 0) is 137 Å². The minimum atomic E-state index is 0.390. The van der Waals surface area contributed by atoms with Crippen molar-refractivity contribution in [3.63, 3.8) is 0 Å². The summed E-state index contributed by atoms with van der Waals surface area (Å²) in [7, 11) is 0. The highest BCUT2D eigenvalue weighted by atomic mass is 16.3. The Morgan fingerprint density at radius 2 is 1.02 bits per heavy atom. The highest BCUT2D eigenvalue weighted by Gasteiger charge is 2.31. The zero-order chi connectivity index (χ0) is 63.1. The number of aryl methyl sites for hydroxylation is 1. The lowest BCUT2D eigenvalue weighted by Crippen LogP contribution is -2.21. The number of aliphatic imine (C=N–C) groups is 1. The first kappa shape index (κ1) is 55.1. The van der Waals surface area contributed by atoms with Crippen LogP contribution >= 0.6 is 0 Å². The SMILES string of the molecule is Cc1ccc2c(c1)CN(c1ccc3c(c1)oc1c3cc(N(c3ccccc3)c3ccccc3)c3cc(C(=Nc4ccccc4)c4ccccc4)c4cc(C#N)c5oc6c(N(c7ccccc7)c7cccc8c(-c9ccccc9)cccc78)cccc6c5c4c31)c1ccccc1-2. The van der Waals surface area contributed by atoms with Crippen LogP contribution < -0.4 is 14.7 Å². The second-order valence-electron chi connectivity index (χ2n) is 24.5. The van der Waals surface area contributed by atoms with E-state index in [0.29, 0.717) is 28.9 Å². The maximum absolute atomic E-state index is 11.8. The van der Waals surface area contributed by atoms with Crippen LogP contribution in [0.3, 0.4) is 0 Å². The molecule has 0 radical (unpaired) electrons. The topological polar surface area (TPSA) is 72.1 Å². The zero-order valence-electron chi connectivity index (χ0n) is 51.8. The summed E-state index contributed by atoms with van der Waals surface area (Å²) < 4.78 is 15.2. The van der Waals surface area contributed by atoms with Crippen molar-refractivity contribution in [1.29, 1.82) is 5.26 Å². The van der Waals surface area contributed by atoms with Crippen molar-refractivity contribution >= 4 is 133 Å². The second kappa shape index (κ2) is 22.6. The van der Waals surface area contributed by atoms with Crippen molar-refractivity contribution in [1.82, 2.24) is 0 Å². The number of fused-ring (bicyclic) bond motifs is 15. The van der Waals surface area contributed by atoms with Crippen LogP contribution in [0.25, 0.3) is 98.4 Å². The molecule has 0 saturated carbocycles. The highest BCUT2D eigenvalue weighted by molar-refractivity contribution is 6.39. The highest BCUT2D eigenvalue weighted by Crippen LogP contribution is 2.54. The Morgan fingerprint density at radius 3 is 1.75 bits per heavy atom. The molecule has 446 valence electrons. The number of benzene rings is 15. The fourth-order valence-electron chi connectivity index (χ4n) is 14.7. The predicted molar refractivity (Wildman–Crippen MR) is 394 cm³/mol. The Bertz CT molecular complexity index is 5920. The number of rotatable bonds is 11. The first-order valence-corrected chi connectivity index (χ1v) is 32.2. The maximum Gasteiger partial charge on any atom is 0.159 e. The van der Waals surface area contributed by atoms with Crippen molar-refractivity contribution in [2.75, 3.05) is 14.7 Å². The molecule has 3 heterocycles. The van der Waals surface area contributed by atoms with Gasteiger partial charge in [0.05, 0.1) is 34.0 Å². The van der Waals surface area contributed by atoms with Crippen molar-refractivity contribution in [3.05, 3.63) is 343 Å². The van der Waals surface area contributed by atoms with E-state index in [-0.39, 0.29) is 0 Å². The Balaban J connectivity index is 0.997. The molecule has 0 spiro atoms. The second-order valence-corrected chi connectivity index (χ2v) is 24.5. The molecule has 0 aliphatic carbocycles. The van der Waals surface area contributed by atoms with Crippen LogP contribution in [0.5, 0.6) is 0 Å². The number of nitriles is 1. The minimum Gasteiger partial charge on any atom is -0.455 e. The molecule has 2 aromatic heterocycles. The number of hydrogen-bond acceptors (Lipinski definition) is 7. The molecule has 95 heavy (non-hydrogen) atoms. The lowest BCUT2D eigenvalue weighted by atomic mass is 9.87. The maximum atomic E-state index is 11.8. The molecule has 7 heteroatoms. The van der Waals surface area contributed by atoms with E-state index in [4.69, 9.17) is 13.8 Å². The molecule has 7 nitrogen and oxygen atoms in total. The first-order valence-electron chi connectivity index (χ1n) is 32.2. The van der Waals surface area contributed by atoms with E-state index in [1.165, 1.54) is 22.3 Å². The van der Waals surface area contributed by atoms with E-state index in [1.807, 2.05) is 42.5 Å². The van der Waals surface area contributed by atoms with Crippen molar-refractivity contribution in [2.45, 2.75) is 13.5 Å². The molecule has 0 fully saturated rings. The first-order chi connectivity index (χ1) is 47.0. The summed E-state index contributed by atoms with van der Waals surface area (Å²) in [6, 6.07) is 114. The molecule has 0 bridgehead atoms. The summed E-state index contributed by atoms with van der Waals surface area (Å²) >= 11 is 0. The van der Waals surface area contributed by atoms with Gasteiger partial charge in [0.15, 0.2) is 11.2 Å². The van der Waals surface area contributed by atoms with Crippen LogP contribution in [0.2, 0.25) is 0 Å². The van der Waals surface area contributed by atoms with Crippen LogP contribution in [0.15, 0.2) is 329 Å². The van der Waals surface area contributed by atoms with Crippen LogP contribution in [0.4, 0.5) is 51.2 Å². The summed E-state index contributed by atoms with van der Waals surface area (Å²) in [6.07, 6.45) is 0. The van der Waals surface area contributed by atoms with E-state index in [2.05, 4.69) is 301 Å². The van der Waals surface area contributed by atoms with Crippen molar-refractivity contribution < 1.29 is 8.83 Å². The molecule has 0 unspecified atom stereocenters. The van der Waals surface area contributed by atoms with Crippen molar-refractivity contribution in [2.24, 2.45) is 4.99 Å². The third-order valence-corrected chi connectivity index (χ3v) is 18.9. The minimum absolute atomic E-state index is 0.390. The number of hydrogen-bond donors (Lipinski definition) is 0. The smallest absolute Gasteiger partial charge is 0.159 e. The number of furan rings is 2. The lowest BCUT2D eigenvalue weighted by molar-refractivity contribution is 0.668. The van der Waals surface area contributed by atoms with Gasteiger partial charge >= 0.3 is 0 Å². The van der Waals surface area contributed by atoms with Gasteiger partial charge < -0.3 is 23.5 Å². The van der Waals surface area contributed by atoms with Gasteiger partial charge in [-0.2, -0.15) is 5.26 Å². The van der Waals surface area contributed by atoms with Crippen molar-refractivity contribution in [3.8, 4) is 28.3 Å². The molecule has 1 aliphatic heterocycles. The molecule has 1 aliphatic rings. The summed E-state index contributed by atoms with van der Waals surface area (Å²) in [6.45, 7) is 2.86. The van der Waals surface area contributed by atoms with Gasteiger partial charge in [0, 0.05) is 101 Å². The fraction of sp³-hybridized carbons (Fsp3) is 0.0227. The predicted octanol–water partition coefficient (Wildman–Crippen LogP) is 24.2. The summed E-state index contributed by atoms with van der Waals surface area (Å²) in [4.78, 5) is 12.7. The molecule has 0 atom stereocenters. The Morgan fingerprint density at radius 1 is 0.411 bits per heavy atom. The Kier molecular flexibility index (Phi) is 13.1. The van der Waals surface area contributed by atoms with Gasteiger partial charge in [-0.3, -0.25) is 0 Å². The standard InChI is InChI=1S/C88H57N5O2/c1-56-45-47-67-60(49-56)55-91(77-42-21-20-37-69(67)77)65-46-48-71-75-53-80(92(62-31-14-5-15-32-62)63-33-16-6-17-34-63)76-52-74(85(58-27-10-3-11-28-58)90-61-29-12-4-13-30-61)73-50-59(54-89)86-83(82(73)84(76)88(75)94-81(71)51-65)72-41-24-44-79(87(72)95-86)93(64-35-18-7-19-36-64)78-43-23-39-68-66(38-22-40-70(68)78)57-25-8-2-9-26-57/h2-53H,55H2,1H3. The molecular weight excluding hydrogens is 1160 g/mol. The summed E-state index contributed by atoms with van der Waals surface area (Å²) in [5, 5.41) is 21.0. The molecule has 18 rings (SSSR count).